The molecule has 0 amide bonds. The standard InChI is InChI=1S/C12H18ClN7/c1-6-9(10(13)15)11(16)20-12(18-6)19-8(4-14)5-17-7-2-3-7/h5,7,15,17H,2-4,14H2,1H3,(H3,16,18,19,20)/b8-5+,15-10?. The monoisotopic (exact) mass is 295 g/mol. The number of anilines is 2. The zero-order valence-electron chi connectivity index (χ0n) is 11.2. The number of nitrogens with zero attached hydrogens (tertiary/aromatic N) is 2. The quantitative estimate of drug-likeness (QED) is 0.496. The van der Waals surface area contributed by atoms with Crippen LogP contribution in [0.3, 0.4) is 0 Å². The molecule has 1 aromatic heterocycles. The van der Waals surface area contributed by atoms with Gasteiger partial charge in [0.25, 0.3) is 0 Å². The highest BCUT2D eigenvalue weighted by molar-refractivity contribution is 6.69. The molecule has 1 aromatic rings. The molecule has 108 valence electrons. The van der Waals surface area contributed by atoms with E-state index in [0.717, 1.165) is 5.70 Å². The van der Waals surface area contributed by atoms with Crippen molar-refractivity contribution in [3.8, 4) is 0 Å². The van der Waals surface area contributed by atoms with E-state index in [1.807, 2.05) is 6.20 Å². The van der Waals surface area contributed by atoms with Crippen LogP contribution >= 0.6 is 11.6 Å². The molecule has 0 radical (unpaired) electrons. The number of nitrogens with one attached hydrogen (secondary N) is 3. The average Bonchev–Trinajstić information content (AvgIpc) is 3.17. The number of nitrogen functional groups attached to an aromatic ring is 1. The molecule has 1 fully saturated rings. The third kappa shape index (κ3) is 3.58. The molecule has 0 spiro atoms. The first-order valence-corrected chi connectivity index (χ1v) is 6.69. The van der Waals surface area contributed by atoms with Gasteiger partial charge < -0.3 is 22.1 Å². The Labute approximate surface area is 122 Å². The molecule has 1 aliphatic carbocycles. The molecule has 0 saturated heterocycles. The Morgan fingerprint density at radius 1 is 1.50 bits per heavy atom. The molecule has 7 nitrogen and oxygen atoms in total. The van der Waals surface area contributed by atoms with Crippen LogP contribution in [-0.4, -0.2) is 27.7 Å². The summed E-state index contributed by atoms with van der Waals surface area (Å²) in [6, 6.07) is 0.546. The molecule has 7 N–H and O–H groups in total. The highest BCUT2D eigenvalue weighted by Gasteiger charge is 2.19. The Morgan fingerprint density at radius 2 is 2.20 bits per heavy atom. The lowest BCUT2D eigenvalue weighted by molar-refractivity contribution is 0.847. The van der Waals surface area contributed by atoms with Crippen molar-refractivity contribution < 1.29 is 0 Å². The molecule has 1 saturated carbocycles. The van der Waals surface area contributed by atoms with Gasteiger partial charge in [-0.05, 0) is 19.8 Å². The number of aromatic nitrogens is 2. The highest BCUT2D eigenvalue weighted by Crippen LogP contribution is 2.20. The van der Waals surface area contributed by atoms with Crippen molar-refractivity contribution in [3.63, 3.8) is 0 Å². The first-order chi connectivity index (χ1) is 9.51. The summed E-state index contributed by atoms with van der Waals surface area (Å²) < 4.78 is 0. The van der Waals surface area contributed by atoms with E-state index in [4.69, 9.17) is 28.5 Å². The summed E-state index contributed by atoms with van der Waals surface area (Å²) in [7, 11) is 0. The predicted octanol–water partition coefficient (Wildman–Crippen LogP) is 0.895. The minimum absolute atomic E-state index is 0.170. The molecular formula is C12H18ClN7. The Hall–Kier alpha value is -1.86. The number of nitrogens with two attached hydrogens (primary N) is 2. The van der Waals surface area contributed by atoms with Gasteiger partial charge in [-0.15, -0.1) is 0 Å². The number of halogens is 1. The maximum absolute atomic E-state index is 7.43. The van der Waals surface area contributed by atoms with E-state index >= 15 is 0 Å². The van der Waals surface area contributed by atoms with Crippen molar-refractivity contribution in [2.24, 2.45) is 5.73 Å². The minimum Gasteiger partial charge on any atom is -0.387 e. The van der Waals surface area contributed by atoms with Gasteiger partial charge in [0.1, 0.15) is 11.0 Å². The number of hydrogen-bond acceptors (Lipinski definition) is 7. The summed E-state index contributed by atoms with van der Waals surface area (Å²) in [6.45, 7) is 2.05. The van der Waals surface area contributed by atoms with Gasteiger partial charge in [-0.2, -0.15) is 4.98 Å². The molecular weight excluding hydrogens is 278 g/mol. The largest absolute Gasteiger partial charge is 0.387 e. The van der Waals surface area contributed by atoms with Crippen LogP contribution in [0, 0.1) is 12.3 Å². The Morgan fingerprint density at radius 3 is 2.70 bits per heavy atom. The van der Waals surface area contributed by atoms with Crippen molar-refractivity contribution in [2.75, 3.05) is 17.6 Å². The third-order valence-corrected chi connectivity index (χ3v) is 3.09. The zero-order chi connectivity index (χ0) is 14.7. The van der Waals surface area contributed by atoms with E-state index in [-0.39, 0.29) is 11.0 Å². The summed E-state index contributed by atoms with van der Waals surface area (Å²) >= 11 is 5.65. The molecule has 0 atom stereocenters. The zero-order valence-corrected chi connectivity index (χ0v) is 12.0. The maximum Gasteiger partial charge on any atom is 0.229 e. The van der Waals surface area contributed by atoms with Gasteiger partial charge in [0.2, 0.25) is 5.95 Å². The van der Waals surface area contributed by atoms with Crippen LogP contribution in [-0.2, 0) is 0 Å². The summed E-state index contributed by atoms with van der Waals surface area (Å²) in [6.07, 6.45) is 4.21. The summed E-state index contributed by atoms with van der Waals surface area (Å²) in [4.78, 5) is 8.33. The molecule has 2 rings (SSSR count). The Bertz CT molecular complexity index is 528. The lowest BCUT2D eigenvalue weighted by atomic mass is 10.2. The summed E-state index contributed by atoms with van der Waals surface area (Å²) in [5.74, 6) is 0.516. The summed E-state index contributed by atoms with van der Waals surface area (Å²) in [5, 5.41) is 13.5. The van der Waals surface area contributed by atoms with Crippen LogP contribution in [0.1, 0.15) is 24.1 Å². The first kappa shape index (κ1) is 14.5. The van der Waals surface area contributed by atoms with Gasteiger partial charge in [0.05, 0.1) is 11.3 Å². The second-order valence-corrected chi connectivity index (χ2v) is 5.02. The van der Waals surface area contributed by atoms with Crippen molar-refractivity contribution in [1.82, 2.24) is 15.3 Å². The fraction of sp³-hybridized carbons (Fsp3) is 0.417. The van der Waals surface area contributed by atoms with Crippen molar-refractivity contribution >= 4 is 28.5 Å². The van der Waals surface area contributed by atoms with Crippen LogP contribution in [0.25, 0.3) is 0 Å². The molecule has 0 aliphatic heterocycles. The first-order valence-electron chi connectivity index (χ1n) is 6.32. The molecule has 8 heteroatoms. The lowest BCUT2D eigenvalue weighted by Gasteiger charge is -2.11. The van der Waals surface area contributed by atoms with E-state index in [0.29, 0.717) is 29.8 Å². The second kappa shape index (κ2) is 6.06. The molecule has 20 heavy (non-hydrogen) atoms. The number of rotatable bonds is 6. The van der Waals surface area contributed by atoms with Crippen molar-refractivity contribution in [2.45, 2.75) is 25.8 Å². The van der Waals surface area contributed by atoms with Crippen LogP contribution in [0.15, 0.2) is 11.9 Å². The Balaban J connectivity index is 2.15. The highest BCUT2D eigenvalue weighted by atomic mass is 35.5. The predicted molar refractivity (Wildman–Crippen MR) is 80.8 cm³/mol. The van der Waals surface area contributed by atoms with Crippen LogP contribution < -0.4 is 22.1 Å². The van der Waals surface area contributed by atoms with Crippen LogP contribution in [0.5, 0.6) is 0 Å². The molecule has 0 bridgehead atoms. The Kier molecular flexibility index (Phi) is 4.41. The van der Waals surface area contributed by atoms with Gasteiger partial charge in [-0.25, -0.2) is 4.98 Å². The van der Waals surface area contributed by atoms with Crippen LogP contribution in [0.4, 0.5) is 11.8 Å². The lowest BCUT2D eigenvalue weighted by Crippen LogP contribution is -2.19. The van der Waals surface area contributed by atoms with E-state index in [2.05, 4.69) is 20.6 Å². The van der Waals surface area contributed by atoms with E-state index < -0.39 is 0 Å². The second-order valence-electron chi connectivity index (χ2n) is 4.65. The smallest absolute Gasteiger partial charge is 0.229 e. The van der Waals surface area contributed by atoms with E-state index in [9.17, 15) is 0 Å². The average molecular weight is 296 g/mol. The normalized spacial score (nSPS) is 15.1. The molecule has 1 heterocycles. The van der Waals surface area contributed by atoms with E-state index in [1.165, 1.54) is 12.8 Å². The molecule has 0 unspecified atom stereocenters. The maximum atomic E-state index is 7.43. The number of aryl methyl sites for hydroxylation is 1. The van der Waals surface area contributed by atoms with Gasteiger partial charge in [0, 0.05) is 24.5 Å². The number of hydrogen-bond donors (Lipinski definition) is 5. The molecule has 0 aromatic carbocycles. The van der Waals surface area contributed by atoms with Gasteiger partial charge >= 0.3 is 0 Å². The van der Waals surface area contributed by atoms with Gasteiger partial charge in [0.15, 0.2) is 0 Å². The minimum atomic E-state index is -0.170. The van der Waals surface area contributed by atoms with Crippen molar-refractivity contribution in [1.29, 1.82) is 5.41 Å². The van der Waals surface area contributed by atoms with Crippen LogP contribution in [0.2, 0.25) is 0 Å². The van der Waals surface area contributed by atoms with Gasteiger partial charge in [-0.3, -0.25) is 5.41 Å². The third-order valence-electron chi connectivity index (χ3n) is 2.90. The van der Waals surface area contributed by atoms with Crippen molar-refractivity contribution in [3.05, 3.63) is 23.2 Å². The topological polar surface area (TPSA) is 126 Å². The fourth-order valence-corrected chi connectivity index (χ4v) is 1.91. The SMILES string of the molecule is Cc1nc(N/C(=C/NC2CC2)CN)nc(N)c1C(=N)Cl. The fourth-order valence-electron chi connectivity index (χ4n) is 1.68. The molecule has 1 aliphatic rings. The van der Waals surface area contributed by atoms with Gasteiger partial charge in [-0.1, -0.05) is 11.6 Å². The van der Waals surface area contributed by atoms with E-state index in [1.54, 1.807) is 6.92 Å². The summed E-state index contributed by atoms with van der Waals surface area (Å²) in [5.41, 5.74) is 13.1.